The first kappa shape index (κ1) is 16.6. The summed E-state index contributed by atoms with van der Waals surface area (Å²) in [5.41, 5.74) is 0. The molecule has 0 saturated carbocycles. The van der Waals surface area contributed by atoms with E-state index >= 15 is 0 Å². The zero-order valence-electron chi connectivity index (χ0n) is 13.6. The highest BCUT2D eigenvalue weighted by Crippen LogP contribution is 2.26. The van der Waals surface area contributed by atoms with Crippen LogP contribution in [0.1, 0.15) is 38.3 Å². The van der Waals surface area contributed by atoms with E-state index in [-0.39, 0.29) is 17.1 Å². The van der Waals surface area contributed by atoms with Gasteiger partial charge in [0.2, 0.25) is 5.91 Å². The average molecular weight is 322 g/mol. The van der Waals surface area contributed by atoms with E-state index in [0.29, 0.717) is 6.54 Å². The van der Waals surface area contributed by atoms with Crippen LogP contribution in [-0.4, -0.2) is 44.9 Å². The number of rotatable bonds is 6. The molecular weight excluding hydrogens is 300 g/mol. The van der Waals surface area contributed by atoms with Crippen LogP contribution in [0.4, 0.5) is 0 Å². The van der Waals surface area contributed by atoms with Crippen molar-refractivity contribution in [3.63, 3.8) is 0 Å². The van der Waals surface area contributed by atoms with E-state index in [1.807, 2.05) is 23.6 Å². The number of furan rings is 1. The minimum absolute atomic E-state index is 0.0589. The van der Waals surface area contributed by atoms with E-state index in [1.165, 1.54) is 11.8 Å². The molecule has 0 radical (unpaired) electrons. The lowest BCUT2D eigenvalue weighted by molar-refractivity contribution is -0.127. The molecule has 1 amide bonds. The second-order valence-corrected chi connectivity index (χ2v) is 6.96. The predicted octanol–water partition coefficient (Wildman–Crippen LogP) is 2.61. The van der Waals surface area contributed by atoms with Crippen molar-refractivity contribution in [2.45, 2.75) is 43.6 Å². The summed E-state index contributed by atoms with van der Waals surface area (Å²) in [6.07, 6.45) is 1.65. The van der Waals surface area contributed by atoms with Gasteiger partial charge in [0.05, 0.1) is 18.1 Å². The summed E-state index contributed by atoms with van der Waals surface area (Å²) in [4.78, 5) is 13.6. The summed E-state index contributed by atoms with van der Waals surface area (Å²) in [7, 11) is 3.51. The first-order chi connectivity index (χ1) is 10.4. The summed E-state index contributed by atoms with van der Waals surface area (Å²) in [5, 5.41) is 9.07. The number of aromatic nitrogens is 3. The molecule has 2 rings (SSSR count). The highest BCUT2D eigenvalue weighted by atomic mass is 32.2. The second kappa shape index (κ2) is 7.00. The highest BCUT2D eigenvalue weighted by Gasteiger charge is 2.22. The maximum absolute atomic E-state index is 12.0. The lowest BCUT2D eigenvalue weighted by Crippen LogP contribution is -2.29. The molecule has 0 aliphatic heterocycles. The molecule has 2 aromatic heterocycles. The van der Waals surface area contributed by atoms with Crippen LogP contribution in [0.5, 0.6) is 0 Å². The fraction of sp³-hybridized carbons (Fsp3) is 0.533. The quantitative estimate of drug-likeness (QED) is 0.765. The smallest absolute Gasteiger partial charge is 0.235 e. The van der Waals surface area contributed by atoms with E-state index in [2.05, 4.69) is 24.0 Å². The Morgan fingerprint density at radius 2 is 2.09 bits per heavy atom. The number of nitrogens with zero attached hydrogens (tertiary/aromatic N) is 4. The van der Waals surface area contributed by atoms with Crippen molar-refractivity contribution in [1.82, 2.24) is 19.7 Å². The number of carbonyl (C=O) groups is 1. The van der Waals surface area contributed by atoms with E-state index in [4.69, 9.17) is 4.42 Å². The van der Waals surface area contributed by atoms with Crippen LogP contribution in [0.15, 0.2) is 28.0 Å². The van der Waals surface area contributed by atoms with Gasteiger partial charge in [-0.15, -0.1) is 10.2 Å². The molecule has 7 heteroatoms. The summed E-state index contributed by atoms with van der Waals surface area (Å²) in [5.74, 6) is 2.04. The Balaban J connectivity index is 2.25. The topological polar surface area (TPSA) is 64.2 Å². The van der Waals surface area contributed by atoms with Crippen LogP contribution in [0.2, 0.25) is 0 Å². The van der Waals surface area contributed by atoms with Gasteiger partial charge in [0.1, 0.15) is 11.6 Å². The van der Waals surface area contributed by atoms with E-state index in [1.54, 1.807) is 25.3 Å². The van der Waals surface area contributed by atoms with Gasteiger partial charge in [-0.1, -0.05) is 25.6 Å². The third-order valence-electron chi connectivity index (χ3n) is 3.23. The third-order valence-corrected chi connectivity index (χ3v) is 4.29. The summed E-state index contributed by atoms with van der Waals surface area (Å²) in [6.45, 7) is 6.60. The van der Waals surface area contributed by atoms with Crippen molar-refractivity contribution < 1.29 is 9.21 Å². The zero-order valence-corrected chi connectivity index (χ0v) is 14.4. The molecule has 2 aromatic rings. The fourth-order valence-electron chi connectivity index (χ4n) is 2.09. The predicted molar refractivity (Wildman–Crippen MR) is 85.9 cm³/mol. The van der Waals surface area contributed by atoms with Crippen molar-refractivity contribution in [2.24, 2.45) is 0 Å². The van der Waals surface area contributed by atoms with Gasteiger partial charge in [-0.25, -0.2) is 0 Å². The molecule has 0 bridgehead atoms. The van der Waals surface area contributed by atoms with Crippen molar-refractivity contribution in [1.29, 1.82) is 0 Å². The van der Waals surface area contributed by atoms with Crippen molar-refractivity contribution in [3.8, 4) is 0 Å². The largest absolute Gasteiger partial charge is 0.467 e. The average Bonchev–Trinajstić information content (AvgIpc) is 3.09. The van der Waals surface area contributed by atoms with Gasteiger partial charge in [0, 0.05) is 20.0 Å². The molecule has 0 aliphatic rings. The van der Waals surface area contributed by atoms with Crippen LogP contribution in [0.25, 0.3) is 0 Å². The lowest BCUT2D eigenvalue weighted by Gasteiger charge is -2.17. The van der Waals surface area contributed by atoms with Crippen LogP contribution in [0, 0.1) is 0 Å². The summed E-state index contributed by atoms with van der Waals surface area (Å²) in [6, 6.07) is 3.78. The Bertz CT molecular complexity index is 620. The molecule has 1 unspecified atom stereocenters. The summed E-state index contributed by atoms with van der Waals surface area (Å²) >= 11 is 1.42. The van der Waals surface area contributed by atoms with Crippen LogP contribution >= 0.6 is 11.8 Å². The Morgan fingerprint density at radius 1 is 1.36 bits per heavy atom. The zero-order chi connectivity index (χ0) is 16.3. The first-order valence-electron chi connectivity index (χ1n) is 7.23. The van der Waals surface area contributed by atoms with Gasteiger partial charge in [0.25, 0.3) is 0 Å². The number of carbonyl (C=O) groups excluding carboxylic acids is 1. The van der Waals surface area contributed by atoms with Crippen molar-refractivity contribution >= 4 is 17.7 Å². The number of hydrogen-bond donors (Lipinski definition) is 0. The van der Waals surface area contributed by atoms with Gasteiger partial charge in [-0.3, -0.25) is 9.36 Å². The standard InChI is InChI=1S/C15H22N4O2S/c1-10(2)13-16-17-15(22-11(3)14(20)18(4)5)19(13)9-12-7-6-8-21-12/h6-8,10-11H,9H2,1-5H3. The Kier molecular flexibility index (Phi) is 5.28. The molecular formula is C15H22N4O2S. The lowest BCUT2D eigenvalue weighted by atomic mass is 10.2. The van der Waals surface area contributed by atoms with Crippen molar-refractivity contribution in [3.05, 3.63) is 30.0 Å². The third kappa shape index (κ3) is 3.71. The van der Waals surface area contributed by atoms with Gasteiger partial charge in [-0.05, 0) is 19.1 Å². The Morgan fingerprint density at radius 3 is 2.64 bits per heavy atom. The van der Waals surface area contributed by atoms with E-state index in [0.717, 1.165) is 16.7 Å². The van der Waals surface area contributed by atoms with Gasteiger partial charge in [0.15, 0.2) is 5.16 Å². The Hall–Kier alpha value is -1.76. The molecule has 1 atom stereocenters. The molecule has 0 fully saturated rings. The van der Waals surface area contributed by atoms with Crippen LogP contribution in [0.3, 0.4) is 0 Å². The first-order valence-corrected chi connectivity index (χ1v) is 8.11. The maximum atomic E-state index is 12.0. The number of hydrogen-bond acceptors (Lipinski definition) is 5. The molecule has 0 saturated heterocycles. The summed E-state index contributed by atoms with van der Waals surface area (Å²) < 4.78 is 7.45. The Labute approximate surface area is 134 Å². The molecule has 2 heterocycles. The minimum Gasteiger partial charge on any atom is -0.467 e. The van der Waals surface area contributed by atoms with Crippen LogP contribution < -0.4 is 0 Å². The molecule has 0 spiro atoms. The van der Waals surface area contributed by atoms with Gasteiger partial charge in [-0.2, -0.15) is 0 Å². The van der Waals surface area contributed by atoms with Gasteiger partial charge >= 0.3 is 0 Å². The molecule has 0 aromatic carbocycles. The van der Waals surface area contributed by atoms with Crippen LogP contribution in [-0.2, 0) is 11.3 Å². The highest BCUT2D eigenvalue weighted by molar-refractivity contribution is 8.00. The normalized spacial score (nSPS) is 12.6. The number of amides is 1. The van der Waals surface area contributed by atoms with Crippen molar-refractivity contribution in [2.75, 3.05) is 14.1 Å². The molecule has 120 valence electrons. The molecule has 22 heavy (non-hydrogen) atoms. The van der Waals surface area contributed by atoms with E-state index < -0.39 is 0 Å². The minimum atomic E-state index is -0.213. The molecule has 0 N–H and O–H groups in total. The van der Waals surface area contributed by atoms with Gasteiger partial charge < -0.3 is 9.32 Å². The SMILES string of the molecule is CC(Sc1nnc(C(C)C)n1Cc1ccco1)C(=O)N(C)C. The molecule has 6 nitrogen and oxygen atoms in total. The van der Waals surface area contributed by atoms with E-state index in [9.17, 15) is 4.79 Å². The monoisotopic (exact) mass is 322 g/mol. The maximum Gasteiger partial charge on any atom is 0.235 e. The second-order valence-electron chi connectivity index (χ2n) is 5.65. The fourth-order valence-corrected chi connectivity index (χ4v) is 3.09. The number of thioether (sulfide) groups is 1. The molecule has 0 aliphatic carbocycles.